The predicted molar refractivity (Wildman–Crippen MR) is 97.2 cm³/mol. The molecule has 130 valence electrons. The maximum absolute atomic E-state index is 12.9. The molecule has 0 atom stereocenters. The van der Waals surface area contributed by atoms with Gasteiger partial charge in [0.25, 0.3) is 0 Å². The summed E-state index contributed by atoms with van der Waals surface area (Å²) < 4.78 is 39.8. The van der Waals surface area contributed by atoms with E-state index in [0.717, 1.165) is 16.0 Å². The third-order valence-corrected chi connectivity index (χ3v) is 5.83. The number of thiazole rings is 1. The Morgan fingerprint density at radius 2 is 1.72 bits per heavy atom. The molecule has 7 heteroatoms. The topological polar surface area (TPSA) is 59.1 Å². The Labute approximate surface area is 150 Å². The molecule has 0 aliphatic heterocycles. The lowest BCUT2D eigenvalue weighted by atomic mass is 10.1. The number of rotatable bonds is 7. The van der Waals surface area contributed by atoms with Crippen LogP contribution in [0.2, 0.25) is 0 Å². The van der Waals surface area contributed by atoms with Gasteiger partial charge in [-0.2, -0.15) is 0 Å². The second kappa shape index (κ2) is 7.86. The summed E-state index contributed by atoms with van der Waals surface area (Å²) in [6, 6.07) is 15.4. The average Bonchev–Trinajstić information content (AvgIpc) is 3.03. The van der Waals surface area contributed by atoms with Gasteiger partial charge in [0.15, 0.2) is 0 Å². The zero-order chi connectivity index (χ0) is 17.7. The Morgan fingerprint density at radius 1 is 1.00 bits per heavy atom. The number of nitrogens with zero attached hydrogens (tertiary/aromatic N) is 1. The zero-order valence-corrected chi connectivity index (χ0v) is 15.0. The van der Waals surface area contributed by atoms with Gasteiger partial charge >= 0.3 is 0 Å². The fourth-order valence-corrected chi connectivity index (χ4v) is 4.41. The van der Waals surface area contributed by atoms with Crippen molar-refractivity contribution in [3.63, 3.8) is 0 Å². The minimum Gasteiger partial charge on any atom is -0.248 e. The molecule has 0 unspecified atom stereocenters. The van der Waals surface area contributed by atoms with Crippen LogP contribution in [0.4, 0.5) is 4.39 Å². The van der Waals surface area contributed by atoms with Crippen LogP contribution in [0.25, 0.3) is 0 Å². The van der Waals surface area contributed by atoms with Gasteiger partial charge in [-0.25, -0.2) is 22.5 Å². The molecular formula is C18H17FN2O2S2. The molecule has 3 rings (SSSR count). The van der Waals surface area contributed by atoms with E-state index in [1.54, 1.807) is 30.5 Å². The predicted octanol–water partition coefficient (Wildman–Crippen LogP) is 3.49. The Bertz CT molecular complexity index is 923. The molecule has 0 saturated heterocycles. The SMILES string of the molecule is O=S(=O)(Cc1ccccc1)NCc1ncc(Cc2ccc(F)cc2)s1. The highest BCUT2D eigenvalue weighted by molar-refractivity contribution is 7.88. The molecule has 0 fully saturated rings. The van der Waals surface area contributed by atoms with Crippen LogP contribution in [-0.2, 0) is 28.7 Å². The zero-order valence-electron chi connectivity index (χ0n) is 13.4. The van der Waals surface area contributed by atoms with E-state index in [4.69, 9.17) is 0 Å². The van der Waals surface area contributed by atoms with Crippen LogP contribution in [0.3, 0.4) is 0 Å². The van der Waals surface area contributed by atoms with E-state index < -0.39 is 10.0 Å². The van der Waals surface area contributed by atoms with Crippen LogP contribution in [0.1, 0.15) is 21.0 Å². The van der Waals surface area contributed by atoms with Crippen LogP contribution < -0.4 is 4.72 Å². The molecule has 0 amide bonds. The molecule has 1 heterocycles. The molecule has 0 aliphatic rings. The Morgan fingerprint density at radius 3 is 2.44 bits per heavy atom. The Hall–Kier alpha value is -2.09. The van der Waals surface area contributed by atoms with Crippen molar-refractivity contribution in [2.75, 3.05) is 0 Å². The first kappa shape index (κ1) is 17.7. The summed E-state index contributed by atoms with van der Waals surface area (Å²) in [5.74, 6) is -0.316. The van der Waals surface area contributed by atoms with Gasteiger partial charge in [-0.3, -0.25) is 0 Å². The van der Waals surface area contributed by atoms with E-state index in [-0.39, 0.29) is 18.1 Å². The lowest BCUT2D eigenvalue weighted by Crippen LogP contribution is -2.24. The fraction of sp³-hybridized carbons (Fsp3) is 0.167. The summed E-state index contributed by atoms with van der Waals surface area (Å²) in [7, 11) is -3.41. The molecule has 3 aromatic rings. The molecular weight excluding hydrogens is 359 g/mol. The summed E-state index contributed by atoms with van der Waals surface area (Å²) >= 11 is 1.45. The molecule has 0 spiro atoms. The third kappa shape index (κ3) is 5.45. The second-order valence-corrected chi connectivity index (χ2v) is 8.60. The summed E-state index contributed by atoms with van der Waals surface area (Å²) in [4.78, 5) is 5.26. The van der Waals surface area contributed by atoms with Gasteiger partial charge in [0, 0.05) is 17.5 Å². The summed E-state index contributed by atoms with van der Waals surface area (Å²) in [5, 5.41) is 0.703. The van der Waals surface area contributed by atoms with Gasteiger partial charge < -0.3 is 0 Å². The highest BCUT2D eigenvalue weighted by atomic mass is 32.2. The molecule has 0 bridgehead atoms. The number of hydrogen-bond acceptors (Lipinski definition) is 4. The summed E-state index contributed by atoms with van der Waals surface area (Å²) in [5.41, 5.74) is 1.73. The number of aromatic nitrogens is 1. The van der Waals surface area contributed by atoms with Crippen molar-refractivity contribution < 1.29 is 12.8 Å². The highest BCUT2D eigenvalue weighted by Gasteiger charge is 2.12. The Balaban J connectivity index is 1.57. The molecule has 1 N–H and O–H groups in total. The quantitative estimate of drug-likeness (QED) is 0.687. The number of halogens is 1. The standard InChI is InChI=1S/C18H17FN2O2S2/c19-16-8-6-14(7-9-16)10-17-11-20-18(24-17)12-21-25(22,23)13-15-4-2-1-3-5-15/h1-9,11,21H,10,12-13H2. The smallest absolute Gasteiger partial charge is 0.216 e. The van der Waals surface area contributed by atoms with Crippen molar-refractivity contribution >= 4 is 21.4 Å². The van der Waals surface area contributed by atoms with E-state index >= 15 is 0 Å². The van der Waals surface area contributed by atoms with Gasteiger partial charge in [0.2, 0.25) is 10.0 Å². The number of sulfonamides is 1. The first-order valence-corrected chi connectivity index (χ1v) is 10.2. The van der Waals surface area contributed by atoms with Crippen molar-refractivity contribution in [1.29, 1.82) is 0 Å². The van der Waals surface area contributed by atoms with Gasteiger partial charge in [0.1, 0.15) is 10.8 Å². The van der Waals surface area contributed by atoms with Gasteiger partial charge in [-0.05, 0) is 23.3 Å². The first-order valence-electron chi connectivity index (χ1n) is 7.69. The third-order valence-electron chi connectivity index (χ3n) is 3.54. The molecule has 4 nitrogen and oxygen atoms in total. The monoisotopic (exact) mass is 376 g/mol. The first-order chi connectivity index (χ1) is 12.0. The summed E-state index contributed by atoms with van der Waals surface area (Å²) in [6.07, 6.45) is 2.38. The van der Waals surface area contributed by atoms with Crippen molar-refractivity contribution in [2.24, 2.45) is 0 Å². The van der Waals surface area contributed by atoms with Crippen LogP contribution in [0.15, 0.2) is 60.8 Å². The van der Waals surface area contributed by atoms with Crippen LogP contribution in [-0.4, -0.2) is 13.4 Å². The number of benzene rings is 2. The van der Waals surface area contributed by atoms with Gasteiger partial charge in [0.05, 0.1) is 12.3 Å². The minimum atomic E-state index is -3.41. The average molecular weight is 376 g/mol. The molecule has 1 aromatic heterocycles. The van der Waals surface area contributed by atoms with E-state index in [0.29, 0.717) is 11.4 Å². The number of hydrogen-bond donors (Lipinski definition) is 1. The largest absolute Gasteiger partial charge is 0.248 e. The molecule has 25 heavy (non-hydrogen) atoms. The summed E-state index contributed by atoms with van der Waals surface area (Å²) in [6.45, 7) is 0.170. The van der Waals surface area contributed by atoms with E-state index in [2.05, 4.69) is 9.71 Å². The van der Waals surface area contributed by atoms with E-state index in [1.807, 2.05) is 18.2 Å². The maximum Gasteiger partial charge on any atom is 0.216 e. The van der Waals surface area contributed by atoms with Crippen LogP contribution >= 0.6 is 11.3 Å². The fourth-order valence-electron chi connectivity index (χ4n) is 2.33. The normalized spacial score (nSPS) is 11.6. The lowest BCUT2D eigenvalue weighted by Gasteiger charge is -2.05. The van der Waals surface area contributed by atoms with Gasteiger partial charge in [-0.15, -0.1) is 11.3 Å². The van der Waals surface area contributed by atoms with Gasteiger partial charge in [-0.1, -0.05) is 42.5 Å². The Kier molecular flexibility index (Phi) is 5.57. The number of nitrogens with one attached hydrogen (secondary N) is 1. The van der Waals surface area contributed by atoms with E-state index in [1.165, 1.54) is 23.5 Å². The highest BCUT2D eigenvalue weighted by Crippen LogP contribution is 2.18. The maximum atomic E-state index is 12.9. The molecule has 0 aliphatic carbocycles. The minimum absolute atomic E-state index is 0.0539. The molecule has 2 aromatic carbocycles. The van der Waals surface area contributed by atoms with Crippen molar-refractivity contribution in [3.05, 3.63) is 87.6 Å². The van der Waals surface area contributed by atoms with Crippen molar-refractivity contribution in [3.8, 4) is 0 Å². The molecule has 0 radical (unpaired) electrons. The second-order valence-electron chi connectivity index (χ2n) is 5.59. The van der Waals surface area contributed by atoms with Crippen LogP contribution in [0.5, 0.6) is 0 Å². The molecule has 0 saturated carbocycles. The van der Waals surface area contributed by atoms with Crippen molar-refractivity contribution in [2.45, 2.75) is 18.7 Å². The lowest BCUT2D eigenvalue weighted by molar-refractivity contribution is 0.580. The van der Waals surface area contributed by atoms with Crippen molar-refractivity contribution in [1.82, 2.24) is 9.71 Å². The van der Waals surface area contributed by atoms with Crippen LogP contribution in [0, 0.1) is 5.82 Å². The van der Waals surface area contributed by atoms with E-state index in [9.17, 15) is 12.8 Å².